The molecule has 0 saturated heterocycles. The molecule has 1 aromatic carbocycles. The molecule has 0 atom stereocenters. The molecule has 0 aliphatic heterocycles. The Kier molecular flexibility index (Phi) is 5.02. The van der Waals surface area contributed by atoms with Crippen LogP contribution in [0.4, 0.5) is 0 Å². The molecule has 1 aliphatic rings. The predicted octanol–water partition coefficient (Wildman–Crippen LogP) is 2.68. The maximum atomic E-state index is 12.0. The highest BCUT2D eigenvalue weighted by Crippen LogP contribution is 2.25. The molecule has 0 unspecified atom stereocenters. The summed E-state index contributed by atoms with van der Waals surface area (Å²) in [5, 5.41) is 8.55. The lowest BCUT2D eigenvalue weighted by Gasteiger charge is -2.11. The first kappa shape index (κ1) is 14.9. The summed E-state index contributed by atoms with van der Waals surface area (Å²) in [6.07, 6.45) is 4.22. The van der Waals surface area contributed by atoms with Gasteiger partial charge in [0.05, 0.1) is 29.2 Å². The van der Waals surface area contributed by atoms with E-state index in [1.54, 1.807) is 24.3 Å². The quantitative estimate of drug-likeness (QED) is 0.756. The third-order valence-corrected chi connectivity index (χ3v) is 5.98. The molecule has 0 spiro atoms. The van der Waals surface area contributed by atoms with Gasteiger partial charge in [-0.1, -0.05) is 12.8 Å². The van der Waals surface area contributed by atoms with Gasteiger partial charge < -0.3 is 4.74 Å². The standard InChI is InChI=1S/C15H19NO3S/c16-12-13-6-8-14(9-7-13)19-10-3-11-20(17,18)15-4-1-2-5-15/h6-9,15H,1-5,10-11H2. The molecule has 1 fully saturated rings. The Morgan fingerprint density at radius 1 is 1.20 bits per heavy atom. The second kappa shape index (κ2) is 6.76. The van der Waals surface area contributed by atoms with Crippen molar-refractivity contribution in [3.8, 4) is 11.8 Å². The van der Waals surface area contributed by atoms with Crippen LogP contribution in [0.15, 0.2) is 24.3 Å². The first-order chi connectivity index (χ1) is 9.62. The summed E-state index contributed by atoms with van der Waals surface area (Å²) >= 11 is 0. The van der Waals surface area contributed by atoms with Crippen LogP contribution < -0.4 is 4.74 Å². The Balaban J connectivity index is 1.74. The SMILES string of the molecule is N#Cc1ccc(OCCCS(=O)(=O)C2CCCC2)cc1. The van der Waals surface area contributed by atoms with Gasteiger partial charge in [-0.2, -0.15) is 5.26 Å². The first-order valence-electron chi connectivity index (χ1n) is 6.96. The van der Waals surface area contributed by atoms with Crippen LogP contribution >= 0.6 is 0 Å². The lowest BCUT2D eigenvalue weighted by molar-refractivity contribution is 0.317. The molecule has 0 radical (unpaired) electrons. The van der Waals surface area contributed by atoms with Crippen molar-refractivity contribution in [2.24, 2.45) is 0 Å². The Bertz CT molecular complexity index is 566. The van der Waals surface area contributed by atoms with Gasteiger partial charge in [0.25, 0.3) is 0 Å². The number of sulfone groups is 1. The number of nitrogens with zero attached hydrogens (tertiary/aromatic N) is 1. The summed E-state index contributed by atoms with van der Waals surface area (Å²) in [5.41, 5.74) is 0.584. The maximum Gasteiger partial charge on any atom is 0.153 e. The van der Waals surface area contributed by atoms with E-state index in [0.29, 0.717) is 24.3 Å². The van der Waals surface area contributed by atoms with Crippen LogP contribution in [0.3, 0.4) is 0 Å². The predicted molar refractivity (Wildman–Crippen MR) is 77.3 cm³/mol. The van der Waals surface area contributed by atoms with Crippen molar-refractivity contribution >= 4 is 9.84 Å². The molecular formula is C15H19NO3S. The minimum atomic E-state index is -2.95. The summed E-state index contributed by atoms with van der Waals surface area (Å²) in [5.74, 6) is 0.871. The monoisotopic (exact) mass is 293 g/mol. The number of benzene rings is 1. The molecule has 20 heavy (non-hydrogen) atoms. The van der Waals surface area contributed by atoms with E-state index in [1.807, 2.05) is 6.07 Å². The molecule has 0 aromatic heterocycles. The molecule has 108 valence electrons. The zero-order chi connectivity index (χ0) is 14.4. The minimum Gasteiger partial charge on any atom is -0.494 e. The van der Waals surface area contributed by atoms with Gasteiger partial charge in [0, 0.05) is 0 Å². The fourth-order valence-corrected chi connectivity index (χ4v) is 4.40. The highest BCUT2D eigenvalue weighted by atomic mass is 32.2. The van der Waals surface area contributed by atoms with Gasteiger partial charge in [-0.25, -0.2) is 8.42 Å². The van der Waals surface area contributed by atoms with Gasteiger partial charge in [-0.05, 0) is 43.5 Å². The second-order valence-corrected chi connectivity index (χ2v) is 7.51. The van der Waals surface area contributed by atoms with E-state index in [1.165, 1.54) is 0 Å². The first-order valence-corrected chi connectivity index (χ1v) is 8.68. The zero-order valence-electron chi connectivity index (χ0n) is 11.4. The summed E-state index contributed by atoms with van der Waals surface area (Å²) in [4.78, 5) is 0. The molecule has 4 nitrogen and oxygen atoms in total. The van der Waals surface area contributed by atoms with Crippen molar-refractivity contribution in [1.82, 2.24) is 0 Å². The Labute approximate surface area is 120 Å². The Morgan fingerprint density at radius 3 is 2.45 bits per heavy atom. The molecule has 0 N–H and O–H groups in total. The lowest BCUT2D eigenvalue weighted by atomic mass is 10.2. The van der Waals surface area contributed by atoms with E-state index < -0.39 is 9.84 Å². The fourth-order valence-electron chi connectivity index (χ4n) is 2.49. The zero-order valence-corrected chi connectivity index (χ0v) is 12.2. The number of rotatable bonds is 6. The van der Waals surface area contributed by atoms with E-state index in [-0.39, 0.29) is 11.0 Å². The van der Waals surface area contributed by atoms with Crippen LogP contribution in [-0.4, -0.2) is 26.0 Å². The van der Waals surface area contributed by atoms with Crippen LogP contribution in [0, 0.1) is 11.3 Å². The summed E-state index contributed by atoms with van der Waals surface area (Å²) in [6, 6.07) is 8.86. The summed E-state index contributed by atoms with van der Waals surface area (Å²) < 4.78 is 29.6. The molecule has 1 aromatic rings. The van der Waals surface area contributed by atoms with Gasteiger partial charge in [-0.3, -0.25) is 0 Å². The normalized spacial score (nSPS) is 15.9. The van der Waals surface area contributed by atoms with E-state index in [2.05, 4.69) is 0 Å². The highest BCUT2D eigenvalue weighted by molar-refractivity contribution is 7.92. The van der Waals surface area contributed by atoms with Crippen molar-refractivity contribution in [1.29, 1.82) is 5.26 Å². The van der Waals surface area contributed by atoms with Gasteiger partial charge in [0.2, 0.25) is 0 Å². The van der Waals surface area contributed by atoms with Crippen molar-refractivity contribution in [2.75, 3.05) is 12.4 Å². The maximum absolute atomic E-state index is 12.0. The van der Waals surface area contributed by atoms with Crippen LogP contribution in [-0.2, 0) is 9.84 Å². The van der Waals surface area contributed by atoms with Gasteiger partial charge >= 0.3 is 0 Å². The van der Waals surface area contributed by atoms with E-state index in [4.69, 9.17) is 10.00 Å². The van der Waals surface area contributed by atoms with Crippen molar-refractivity contribution in [2.45, 2.75) is 37.4 Å². The molecule has 0 amide bonds. The second-order valence-electron chi connectivity index (χ2n) is 5.11. The van der Waals surface area contributed by atoms with Gasteiger partial charge in [0.1, 0.15) is 5.75 Å². The molecule has 0 bridgehead atoms. The van der Waals surface area contributed by atoms with Crippen LogP contribution in [0.5, 0.6) is 5.75 Å². The largest absolute Gasteiger partial charge is 0.494 e. The third-order valence-electron chi connectivity index (χ3n) is 3.64. The highest BCUT2D eigenvalue weighted by Gasteiger charge is 2.27. The van der Waals surface area contributed by atoms with Crippen LogP contribution in [0.2, 0.25) is 0 Å². The minimum absolute atomic E-state index is 0.127. The fraction of sp³-hybridized carbons (Fsp3) is 0.533. The van der Waals surface area contributed by atoms with E-state index in [0.717, 1.165) is 25.7 Å². The lowest BCUT2D eigenvalue weighted by Crippen LogP contribution is -2.22. The Morgan fingerprint density at radius 2 is 1.85 bits per heavy atom. The smallest absolute Gasteiger partial charge is 0.153 e. The average Bonchev–Trinajstić information content (AvgIpc) is 2.99. The number of hydrogen-bond donors (Lipinski definition) is 0. The number of hydrogen-bond acceptors (Lipinski definition) is 4. The van der Waals surface area contributed by atoms with Crippen molar-refractivity contribution in [3.05, 3.63) is 29.8 Å². The topological polar surface area (TPSA) is 67.2 Å². The molecule has 1 saturated carbocycles. The molecule has 2 rings (SSSR count). The Hall–Kier alpha value is -1.54. The molecule has 1 aliphatic carbocycles. The van der Waals surface area contributed by atoms with E-state index in [9.17, 15) is 8.42 Å². The van der Waals surface area contributed by atoms with Crippen molar-refractivity contribution in [3.63, 3.8) is 0 Å². The van der Waals surface area contributed by atoms with E-state index >= 15 is 0 Å². The molecule has 0 heterocycles. The van der Waals surface area contributed by atoms with Crippen LogP contribution in [0.25, 0.3) is 0 Å². The van der Waals surface area contributed by atoms with Gasteiger partial charge in [-0.15, -0.1) is 0 Å². The molecule has 5 heteroatoms. The van der Waals surface area contributed by atoms with Crippen LogP contribution in [0.1, 0.15) is 37.7 Å². The number of ether oxygens (including phenoxy) is 1. The summed E-state index contributed by atoms with van der Waals surface area (Å²) in [7, 11) is -2.95. The van der Waals surface area contributed by atoms with Crippen molar-refractivity contribution < 1.29 is 13.2 Å². The average molecular weight is 293 g/mol. The molecular weight excluding hydrogens is 274 g/mol. The van der Waals surface area contributed by atoms with Gasteiger partial charge in [0.15, 0.2) is 9.84 Å². The third kappa shape index (κ3) is 3.97. The summed E-state index contributed by atoms with van der Waals surface area (Å²) in [6.45, 7) is 0.387. The number of nitriles is 1.